The van der Waals surface area contributed by atoms with Crippen molar-refractivity contribution in [2.75, 3.05) is 63.4 Å². The zero-order valence-electron chi connectivity index (χ0n) is 42.3. The highest BCUT2D eigenvalue weighted by atomic mass is 79.9. The number of anilines is 3. The fraction of sp³-hybridized carbons (Fsp3) is 0.365. The SMILES string of the molecule is CC(C)(C)OC(=O)NCCCOc1ccc(N=CC=S)cc1.CCN(CCCOc1ccc(Nc2nc(N)c(C(=O)c3ccc(OC)c(F)c3)s2)cc1)C(=O)OC(C)(C)C.COc1ccc(C(=O)CBr)cc1F. The molecule has 2 amide bonds. The summed E-state index contributed by atoms with van der Waals surface area (Å²) in [5, 5.41) is 7.88. The first-order valence-corrected chi connectivity index (χ1v) is 25.2. The molecule has 0 aliphatic carbocycles. The Balaban J connectivity index is 0.000000336. The van der Waals surface area contributed by atoms with Crippen molar-refractivity contribution in [2.24, 2.45) is 4.99 Å². The molecule has 5 rings (SSSR count). The molecule has 0 radical (unpaired) electrons. The highest BCUT2D eigenvalue weighted by molar-refractivity contribution is 9.09. The number of hydrogen-bond donors (Lipinski definition) is 3. The van der Waals surface area contributed by atoms with E-state index in [9.17, 15) is 28.0 Å². The number of alkyl carbamates (subject to hydrolysis) is 1. The van der Waals surface area contributed by atoms with Crippen LogP contribution in [0.25, 0.3) is 0 Å². The van der Waals surface area contributed by atoms with Gasteiger partial charge in [-0.1, -0.05) is 39.5 Å². The van der Waals surface area contributed by atoms with Crippen molar-refractivity contribution in [1.29, 1.82) is 0 Å². The molecule has 0 aliphatic heterocycles. The van der Waals surface area contributed by atoms with Gasteiger partial charge in [0.15, 0.2) is 34.0 Å². The van der Waals surface area contributed by atoms with Gasteiger partial charge in [-0.25, -0.2) is 23.4 Å². The molecule has 21 heteroatoms. The number of thiocarbonyl (C=S) groups is 1. The van der Waals surface area contributed by atoms with Crippen LogP contribution in [0.1, 0.15) is 86.9 Å². The molecule has 0 unspecified atom stereocenters. The predicted molar refractivity (Wildman–Crippen MR) is 290 cm³/mol. The quantitative estimate of drug-likeness (QED) is 0.0206. The molecule has 0 aliphatic rings. The number of methoxy groups -OCH3 is 2. The van der Waals surface area contributed by atoms with E-state index in [-0.39, 0.29) is 45.0 Å². The average Bonchev–Trinajstić information content (AvgIpc) is 3.71. The van der Waals surface area contributed by atoms with Crippen LogP contribution in [-0.2, 0) is 9.47 Å². The van der Waals surface area contributed by atoms with Gasteiger partial charge in [0.1, 0.15) is 33.4 Å². The Morgan fingerprint density at radius 1 is 0.808 bits per heavy atom. The third-order valence-electron chi connectivity index (χ3n) is 9.23. The topological polar surface area (TPSA) is 202 Å². The van der Waals surface area contributed by atoms with E-state index in [1.165, 1.54) is 49.9 Å². The number of alkyl halides is 1. The Morgan fingerprint density at radius 3 is 1.88 bits per heavy atom. The Bertz CT molecular complexity index is 2610. The molecule has 4 aromatic carbocycles. The third-order valence-corrected chi connectivity index (χ3v) is 10.8. The second-order valence-electron chi connectivity index (χ2n) is 17.3. The van der Waals surface area contributed by atoms with E-state index in [4.69, 9.17) is 34.2 Å². The zero-order chi connectivity index (χ0) is 54.1. The molecular formula is C52H63BrF2N6O10S2. The molecule has 0 saturated carbocycles. The molecule has 5 aromatic rings. The lowest BCUT2D eigenvalue weighted by Gasteiger charge is -2.26. The van der Waals surface area contributed by atoms with Crippen LogP contribution in [0.3, 0.4) is 0 Å². The highest BCUT2D eigenvalue weighted by Crippen LogP contribution is 2.31. The summed E-state index contributed by atoms with van der Waals surface area (Å²) in [4.78, 5) is 57.8. The van der Waals surface area contributed by atoms with Gasteiger partial charge in [-0.05, 0) is 146 Å². The van der Waals surface area contributed by atoms with E-state index in [1.54, 1.807) is 23.2 Å². The Hall–Kier alpha value is -6.71. The first kappa shape index (κ1) is 60.6. The molecule has 1 heterocycles. The second kappa shape index (κ2) is 30.4. The molecule has 4 N–H and O–H groups in total. The second-order valence-corrected chi connectivity index (χ2v) is 19.1. The van der Waals surface area contributed by atoms with E-state index in [1.807, 2.05) is 84.9 Å². The van der Waals surface area contributed by atoms with Gasteiger partial charge < -0.3 is 49.7 Å². The van der Waals surface area contributed by atoms with Crippen molar-refractivity contribution in [3.63, 3.8) is 0 Å². The Kier molecular flexibility index (Phi) is 25.2. The number of nitrogens with two attached hydrogens (primary N) is 1. The number of hydrogen-bond acceptors (Lipinski definition) is 16. The molecule has 0 atom stereocenters. The number of rotatable bonds is 21. The lowest BCUT2D eigenvalue weighted by atomic mass is 10.1. The van der Waals surface area contributed by atoms with Crippen LogP contribution < -0.4 is 35.3 Å². The standard InChI is InChI=1S/C27H33FN4O5S.C16H22N2O3S.C9H8BrFO2/c1-6-32(26(34)37-27(2,3)4)14-7-15-36-19-11-9-18(10-12-19)30-25-31-24(29)23(38-25)22(33)17-8-13-21(35-5)20(28)16-17;1-16(2,3)21-15(19)18-9-4-11-20-14-7-5-13(6-8-14)17-10-12-22;1-13-9-3-2-6(4-7(9)11)8(12)5-10/h8-13,16H,6-7,14-15,29H2,1-5H3,(H,30,31);5-8,10,12H,4,9,11H2,1-3H3,(H,18,19);2-4H,5H2,1H3. The molecular weight excluding hydrogens is 1050 g/mol. The highest BCUT2D eigenvalue weighted by Gasteiger charge is 2.22. The number of thiazole rings is 1. The van der Waals surface area contributed by atoms with Gasteiger partial charge in [0.25, 0.3) is 0 Å². The maximum absolute atomic E-state index is 14.0. The normalized spacial score (nSPS) is 10.9. The molecule has 16 nitrogen and oxygen atoms in total. The molecule has 0 fully saturated rings. The predicted octanol–water partition coefficient (Wildman–Crippen LogP) is 12.0. The van der Waals surface area contributed by atoms with Crippen LogP contribution in [0, 0.1) is 11.6 Å². The number of aromatic nitrogens is 1. The summed E-state index contributed by atoms with van der Waals surface area (Å²) in [6, 6.07) is 22.7. The van der Waals surface area contributed by atoms with E-state index in [0.717, 1.165) is 34.5 Å². The molecule has 394 valence electrons. The molecule has 0 saturated heterocycles. The summed E-state index contributed by atoms with van der Waals surface area (Å²) in [6.45, 7) is 15.5. The lowest BCUT2D eigenvalue weighted by Crippen LogP contribution is -2.37. The number of ether oxygens (including phenoxy) is 6. The van der Waals surface area contributed by atoms with Gasteiger partial charge in [-0.3, -0.25) is 14.6 Å². The molecule has 73 heavy (non-hydrogen) atoms. The van der Waals surface area contributed by atoms with Crippen molar-refractivity contribution >= 4 is 97.1 Å². The van der Waals surface area contributed by atoms with Crippen LogP contribution in [0.2, 0.25) is 0 Å². The lowest BCUT2D eigenvalue weighted by molar-refractivity contribution is 0.0252. The minimum Gasteiger partial charge on any atom is -0.494 e. The minimum atomic E-state index is -0.632. The number of nitrogens with one attached hydrogen (secondary N) is 2. The summed E-state index contributed by atoms with van der Waals surface area (Å²) in [5.74, 6) is -0.0320. The van der Waals surface area contributed by atoms with Crippen molar-refractivity contribution in [2.45, 2.75) is 72.5 Å². The van der Waals surface area contributed by atoms with Gasteiger partial charge in [-0.2, -0.15) is 0 Å². The van der Waals surface area contributed by atoms with Crippen molar-refractivity contribution in [3.8, 4) is 23.0 Å². The minimum absolute atomic E-state index is 0.0531. The van der Waals surface area contributed by atoms with Crippen LogP contribution in [0.15, 0.2) is 89.9 Å². The van der Waals surface area contributed by atoms with Gasteiger partial charge in [0.05, 0.1) is 38.5 Å². The average molecular weight is 1110 g/mol. The summed E-state index contributed by atoms with van der Waals surface area (Å²) in [6.07, 6.45) is 2.17. The maximum atomic E-state index is 14.0. The van der Waals surface area contributed by atoms with Gasteiger partial charge >= 0.3 is 12.2 Å². The number of aliphatic imine (C=N–C) groups is 1. The monoisotopic (exact) mass is 1110 g/mol. The van der Waals surface area contributed by atoms with Crippen LogP contribution >= 0.6 is 39.5 Å². The van der Waals surface area contributed by atoms with E-state index >= 15 is 0 Å². The van der Waals surface area contributed by atoms with Gasteiger partial charge in [0, 0.05) is 48.0 Å². The van der Waals surface area contributed by atoms with Crippen LogP contribution in [-0.4, -0.2) is 109 Å². The third kappa shape index (κ3) is 22.3. The summed E-state index contributed by atoms with van der Waals surface area (Å²) >= 11 is 8.76. The maximum Gasteiger partial charge on any atom is 0.410 e. The molecule has 0 bridgehead atoms. The smallest absolute Gasteiger partial charge is 0.410 e. The van der Waals surface area contributed by atoms with E-state index < -0.39 is 34.7 Å². The van der Waals surface area contributed by atoms with Crippen LogP contribution in [0.4, 0.5) is 40.7 Å². The largest absolute Gasteiger partial charge is 0.494 e. The fourth-order valence-corrected chi connectivity index (χ4v) is 7.08. The number of carbonyl (C=O) groups excluding carboxylic acids is 4. The first-order valence-electron chi connectivity index (χ1n) is 22.8. The first-order chi connectivity index (χ1) is 34.6. The molecule has 1 aromatic heterocycles. The molecule has 0 spiro atoms. The van der Waals surface area contributed by atoms with Crippen molar-refractivity contribution in [1.82, 2.24) is 15.2 Å². The van der Waals surface area contributed by atoms with Gasteiger partial charge in [-0.15, -0.1) is 0 Å². The summed E-state index contributed by atoms with van der Waals surface area (Å²) < 4.78 is 58.6. The summed E-state index contributed by atoms with van der Waals surface area (Å²) in [5.41, 5.74) is 6.99. The van der Waals surface area contributed by atoms with Crippen molar-refractivity contribution in [3.05, 3.63) is 113 Å². The van der Waals surface area contributed by atoms with Gasteiger partial charge in [0.2, 0.25) is 5.78 Å². The van der Waals surface area contributed by atoms with Crippen LogP contribution in [0.5, 0.6) is 23.0 Å². The number of amides is 2. The number of nitrogens with zero attached hydrogens (tertiary/aromatic N) is 3. The number of ketones is 2. The Morgan fingerprint density at radius 2 is 1.36 bits per heavy atom. The van der Waals surface area contributed by atoms with E-state index in [0.29, 0.717) is 62.1 Å². The fourth-order valence-electron chi connectivity index (χ4n) is 5.82. The Labute approximate surface area is 443 Å². The number of halogens is 3. The zero-order valence-corrected chi connectivity index (χ0v) is 45.6. The van der Waals surface area contributed by atoms with Crippen molar-refractivity contribution < 1.29 is 56.4 Å². The number of nitrogen functional groups attached to an aromatic ring is 1. The number of Topliss-reactive ketones (excluding diaryl/α,β-unsaturated/α-hetero) is 1. The summed E-state index contributed by atoms with van der Waals surface area (Å²) in [7, 11) is 2.73. The number of benzene rings is 4. The van der Waals surface area contributed by atoms with E-state index in [2.05, 4.69) is 48.8 Å². The number of carbonyl (C=O) groups is 4.